The fraction of sp³-hybridized carbons (Fsp3) is 0.769. The first-order valence-corrected chi connectivity index (χ1v) is 6.97. The highest BCUT2D eigenvalue weighted by Gasteiger charge is 2.28. The third-order valence-corrected chi connectivity index (χ3v) is 4.25. The Morgan fingerprint density at radius 3 is 2.56 bits per heavy atom. The minimum atomic E-state index is -0.499. The Bertz CT molecular complexity index is 418. The van der Waals surface area contributed by atoms with Crippen LogP contribution in [0.5, 0.6) is 0 Å². The smallest absolute Gasteiger partial charge is 0.0860 e. The molecule has 0 saturated carbocycles. The summed E-state index contributed by atoms with van der Waals surface area (Å²) in [5.41, 5.74) is 1.50. The SMILES string of the molecule is CCn1nc(C)c(Cl)c1CN1CCC(C)(O)CC1. The number of aliphatic hydroxyl groups is 1. The minimum Gasteiger partial charge on any atom is -0.390 e. The number of hydrogen-bond donors (Lipinski definition) is 1. The van der Waals surface area contributed by atoms with Crippen LogP contribution in [0.25, 0.3) is 0 Å². The van der Waals surface area contributed by atoms with E-state index in [-0.39, 0.29) is 0 Å². The third-order valence-electron chi connectivity index (χ3n) is 3.76. The molecule has 0 aromatic carbocycles. The van der Waals surface area contributed by atoms with Crippen molar-refractivity contribution in [2.75, 3.05) is 13.1 Å². The van der Waals surface area contributed by atoms with Gasteiger partial charge in [0.15, 0.2) is 0 Å². The Kier molecular flexibility index (Phi) is 3.99. The van der Waals surface area contributed by atoms with E-state index in [1.165, 1.54) is 0 Å². The van der Waals surface area contributed by atoms with Crippen LogP contribution in [-0.4, -0.2) is 38.5 Å². The van der Waals surface area contributed by atoms with Gasteiger partial charge in [-0.15, -0.1) is 0 Å². The number of aryl methyl sites for hydroxylation is 2. The highest BCUT2D eigenvalue weighted by Crippen LogP contribution is 2.26. The van der Waals surface area contributed by atoms with Crippen molar-refractivity contribution in [1.82, 2.24) is 14.7 Å². The molecule has 1 aromatic heterocycles. The summed E-state index contributed by atoms with van der Waals surface area (Å²) in [6.07, 6.45) is 1.65. The molecule has 1 aliphatic rings. The van der Waals surface area contributed by atoms with E-state index in [1.54, 1.807) is 0 Å². The van der Waals surface area contributed by atoms with E-state index in [2.05, 4.69) is 16.9 Å². The Morgan fingerprint density at radius 1 is 1.39 bits per heavy atom. The van der Waals surface area contributed by atoms with Gasteiger partial charge in [-0.1, -0.05) is 11.6 Å². The van der Waals surface area contributed by atoms with E-state index in [0.717, 1.165) is 55.4 Å². The van der Waals surface area contributed by atoms with Gasteiger partial charge >= 0.3 is 0 Å². The zero-order valence-electron chi connectivity index (χ0n) is 11.4. The molecule has 2 rings (SSSR count). The fourth-order valence-corrected chi connectivity index (χ4v) is 2.62. The lowest BCUT2D eigenvalue weighted by Gasteiger charge is -2.35. The normalized spacial score (nSPS) is 20.3. The monoisotopic (exact) mass is 271 g/mol. The van der Waals surface area contributed by atoms with Gasteiger partial charge in [0.05, 0.1) is 22.0 Å². The lowest BCUT2D eigenvalue weighted by molar-refractivity contribution is -0.00783. The molecule has 102 valence electrons. The first-order chi connectivity index (χ1) is 8.43. The number of halogens is 1. The molecule has 5 heteroatoms. The topological polar surface area (TPSA) is 41.3 Å². The Hall–Kier alpha value is -0.580. The van der Waals surface area contributed by atoms with Crippen LogP contribution in [0.1, 0.15) is 38.1 Å². The lowest BCUT2D eigenvalue weighted by atomic mass is 9.94. The molecule has 18 heavy (non-hydrogen) atoms. The maximum absolute atomic E-state index is 9.95. The number of hydrogen-bond acceptors (Lipinski definition) is 3. The van der Waals surface area contributed by atoms with Gasteiger partial charge in [0, 0.05) is 26.2 Å². The summed E-state index contributed by atoms with van der Waals surface area (Å²) in [5.74, 6) is 0. The molecular weight excluding hydrogens is 250 g/mol. The standard InChI is InChI=1S/C13H22ClN3O/c1-4-17-11(12(14)10(2)15-17)9-16-7-5-13(3,18)6-8-16/h18H,4-9H2,1-3H3. The molecule has 0 amide bonds. The largest absolute Gasteiger partial charge is 0.390 e. The van der Waals surface area contributed by atoms with Gasteiger partial charge in [-0.25, -0.2) is 0 Å². The fourth-order valence-electron chi connectivity index (χ4n) is 2.42. The molecule has 1 N–H and O–H groups in total. The average Bonchev–Trinajstić information content (AvgIpc) is 2.59. The van der Waals surface area contributed by atoms with Crippen LogP contribution >= 0.6 is 11.6 Å². The quantitative estimate of drug-likeness (QED) is 0.917. The zero-order valence-corrected chi connectivity index (χ0v) is 12.2. The Balaban J connectivity index is 2.06. The van der Waals surface area contributed by atoms with Gasteiger partial charge in [-0.3, -0.25) is 9.58 Å². The molecule has 1 aromatic rings. The molecule has 1 aliphatic heterocycles. The molecule has 1 saturated heterocycles. The van der Waals surface area contributed by atoms with Gasteiger partial charge < -0.3 is 5.11 Å². The number of piperidine rings is 1. The Labute approximate surface area is 114 Å². The summed E-state index contributed by atoms with van der Waals surface area (Å²) in [6.45, 7) is 9.43. The van der Waals surface area contributed by atoms with Gasteiger partial charge in [0.25, 0.3) is 0 Å². The van der Waals surface area contributed by atoms with Crippen molar-refractivity contribution in [3.05, 3.63) is 16.4 Å². The highest BCUT2D eigenvalue weighted by molar-refractivity contribution is 6.31. The molecule has 0 bridgehead atoms. The molecule has 1 fully saturated rings. The first kappa shape index (κ1) is 13.8. The van der Waals surface area contributed by atoms with E-state index in [9.17, 15) is 5.11 Å². The molecule has 0 spiro atoms. The number of likely N-dealkylation sites (tertiary alicyclic amines) is 1. The van der Waals surface area contributed by atoms with Gasteiger partial charge in [-0.05, 0) is 33.6 Å². The van der Waals surface area contributed by atoms with Crippen molar-refractivity contribution in [2.45, 2.75) is 52.3 Å². The van der Waals surface area contributed by atoms with Crippen molar-refractivity contribution in [3.63, 3.8) is 0 Å². The van der Waals surface area contributed by atoms with E-state index < -0.39 is 5.60 Å². The van der Waals surface area contributed by atoms with Gasteiger partial charge in [0.2, 0.25) is 0 Å². The second-order valence-electron chi connectivity index (χ2n) is 5.43. The summed E-state index contributed by atoms with van der Waals surface area (Å²) in [4.78, 5) is 2.34. The first-order valence-electron chi connectivity index (χ1n) is 6.59. The van der Waals surface area contributed by atoms with E-state index in [1.807, 2.05) is 18.5 Å². The van der Waals surface area contributed by atoms with Crippen molar-refractivity contribution in [1.29, 1.82) is 0 Å². The maximum Gasteiger partial charge on any atom is 0.0860 e. The molecule has 0 atom stereocenters. The summed E-state index contributed by atoms with van der Waals surface area (Å²) in [6, 6.07) is 0. The van der Waals surface area contributed by atoms with Crippen LogP contribution in [0.15, 0.2) is 0 Å². The van der Waals surface area contributed by atoms with Crippen molar-refractivity contribution in [3.8, 4) is 0 Å². The highest BCUT2D eigenvalue weighted by atomic mass is 35.5. The van der Waals surface area contributed by atoms with E-state index in [0.29, 0.717) is 0 Å². The molecule has 0 aliphatic carbocycles. The third kappa shape index (κ3) is 2.87. The second kappa shape index (κ2) is 5.19. The van der Waals surface area contributed by atoms with E-state index >= 15 is 0 Å². The van der Waals surface area contributed by atoms with Crippen LogP contribution in [-0.2, 0) is 13.1 Å². The predicted octanol–water partition coefficient (Wildman–Crippen LogP) is 2.21. The van der Waals surface area contributed by atoms with Crippen LogP contribution in [0.2, 0.25) is 5.02 Å². The van der Waals surface area contributed by atoms with Crippen LogP contribution in [0.4, 0.5) is 0 Å². The van der Waals surface area contributed by atoms with Crippen LogP contribution < -0.4 is 0 Å². The number of aromatic nitrogens is 2. The summed E-state index contributed by atoms with van der Waals surface area (Å²) in [7, 11) is 0. The second-order valence-corrected chi connectivity index (χ2v) is 5.81. The zero-order chi connectivity index (χ0) is 13.3. The lowest BCUT2D eigenvalue weighted by Crippen LogP contribution is -2.42. The van der Waals surface area contributed by atoms with Crippen LogP contribution in [0, 0.1) is 6.92 Å². The maximum atomic E-state index is 9.95. The number of nitrogens with zero attached hydrogens (tertiary/aromatic N) is 3. The predicted molar refractivity (Wildman–Crippen MR) is 72.8 cm³/mol. The molecule has 4 nitrogen and oxygen atoms in total. The molecular formula is C13H22ClN3O. The number of rotatable bonds is 3. The average molecular weight is 272 g/mol. The molecule has 0 radical (unpaired) electrons. The van der Waals surface area contributed by atoms with Crippen molar-refractivity contribution >= 4 is 11.6 Å². The van der Waals surface area contributed by atoms with Gasteiger partial charge in [0.1, 0.15) is 0 Å². The van der Waals surface area contributed by atoms with E-state index in [4.69, 9.17) is 11.6 Å². The van der Waals surface area contributed by atoms with Crippen molar-refractivity contribution < 1.29 is 5.11 Å². The minimum absolute atomic E-state index is 0.499. The summed E-state index contributed by atoms with van der Waals surface area (Å²) in [5, 5.41) is 15.2. The van der Waals surface area contributed by atoms with Gasteiger partial charge in [-0.2, -0.15) is 5.10 Å². The molecule has 0 unspecified atom stereocenters. The van der Waals surface area contributed by atoms with Crippen LogP contribution in [0.3, 0.4) is 0 Å². The Morgan fingerprint density at radius 2 is 2.00 bits per heavy atom. The summed E-state index contributed by atoms with van der Waals surface area (Å²) < 4.78 is 1.98. The molecule has 2 heterocycles. The van der Waals surface area contributed by atoms with Crippen molar-refractivity contribution in [2.24, 2.45) is 0 Å². The summed E-state index contributed by atoms with van der Waals surface area (Å²) >= 11 is 6.31.